The summed E-state index contributed by atoms with van der Waals surface area (Å²) in [4.78, 5) is 24.0. The van der Waals surface area contributed by atoms with Crippen molar-refractivity contribution >= 4 is 23.5 Å². The van der Waals surface area contributed by atoms with Gasteiger partial charge in [-0.2, -0.15) is 5.10 Å². The summed E-state index contributed by atoms with van der Waals surface area (Å²) in [6.07, 6.45) is 7.58. The van der Waals surface area contributed by atoms with Gasteiger partial charge in [0.2, 0.25) is 5.91 Å². The molecule has 3 N–H and O–H groups in total. The molecule has 3 heterocycles. The summed E-state index contributed by atoms with van der Waals surface area (Å²) in [5.41, 5.74) is 6.79. The molecule has 1 atom stereocenters. The highest BCUT2D eigenvalue weighted by atomic mass is 16.5. The number of nitrogens with one attached hydrogen (secondary N) is 2. The average molecular weight is 495 g/mol. The zero-order chi connectivity index (χ0) is 25.2. The van der Waals surface area contributed by atoms with Gasteiger partial charge >= 0.3 is 0 Å². The third kappa shape index (κ3) is 4.87. The van der Waals surface area contributed by atoms with E-state index in [-0.39, 0.29) is 18.6 Å². The maximum atomic E-state index is 13.1. The third-order valence-corrected chi connectivity index (χ3v) is 6.66. The minimum Gasteiger partial charge on any atom is -0.394 e. The first-order chi connectivity index (χ1) is 18.2. The molecule has 0 radical (unpaired) electrons. The molecule has 186 valence electrons. The van der Waals surface area contributed by atoms with Crippen LogP contribution in [0.25, 0.3) is 28.6 Å². The average Bonchev–Trinajstić information content (AvgIpc) is 3.63. The monoisotopic (exact) mass is 494 g/mol. The Bertz CT molecular complexity index is 1450. The molecule has 0 spiro atoms. The van der Waals surface area contributed by atoms with E-state index in [2.05, 4.69) is 26.6 Å². The number of aromatic nitrogens is 4. The number of carbonyl (C=O) groups is 1. The van der Waals surface area contributed by atoms with E-state index in [1.807, 2.05) is 54.7 Å². The van der Waals surface area contributed by atoms with Crippen molar-refractivity contribution < 1.29 is 14.6 Å². The molecule has 4 aromatic rings. The van der Waals surface area contributed by atoms with E-state index in [9.17, 15) is 9.90 Å². The number of aromatic amines is 1. The largest absolute Gasteiger partial charge is 0.394 e. The van der Waals surface area contributed by atoms with Crippen LogP contribution in [0.4, 0.5) is 11.5 Å². The number of hydrogen-bond donors (Lipinski definition) is 3. The van der Waals surface area contributed by atoms with E-state index in [1.54, 1.807) is 17.3 Å². The number of fused-ring (bicyclic) bond motifs is 1. The van der Waals surface area contributed by atoms with Crippen molar-refractivity contribution in [3.05, 3.63) is 83.8 Å². The predicted octanol–water partition coefficient (Wildman–Crippen LogP) is 3.44. The Morgan fingerprint density at radius 1 is 1.14 bits per heavy atom. The second-order valence-corrected chi connectivity index (χ2v) is 9.14. The number of ether oxygens (including phenoxy) is 1. The highest BCUT2D eigenvalue weighted by Gasteiger charge is 2.28. The molecule has 0 unspecified atom stereocenters. The van der Waals surface area contributed by atoms with E-state index in [0.717, 1.165) is 39.1 Å². The van der Waals surface area contributed by atoms with Crippen LogP contribution in [0.5, 0.6) is 0 Å². The molecule has 0 saturated carbocycles. The van der Waals surface area contributed by atoms with Gasteiger partial charge in [-0.1, -0.05) is 24.3 Å². The lowest BCUT2D eigenvalue weighted by Gasteiger charge is -2.32. The van der Waals surface area contributed by atoms with E-state index >= 15 is 0 Å². The summed E-state index contributed by atoms with van der Waals surface area (Å²) >= 11 is 0. The third-order valence-electron chi connectivity index (χ3n) is 6.66. The van der Waals surface area contributed by atoms with Crippen LogP contribution in [0.15, 0.2) is 72.7 Å². The summed E-state index contributed by atoms with van der Waals surface area (Å²) in [6, 6.07) is 16.0. The molecular weight excluding hydrogens is 468 g/mol. The lowest BCUT2D eigenvalue weighted by molar-refractivity contribution is -0.136. The minimum atomic E-state index is -0.318. The molecule has 6 rings (SSSR count). The summed E-state index contributed by atoms with van der Waals surface area (Å²) in [5.74, 6) is 1.31. The summed E-state index contributed by atoms with van der Waals surface area (Å²) in [5, 5.41) is 19.6. The molecule has 9 heteroatoms. The zero-order valence-electron chi connectivity index (χ0n) is 20.1. The summed E-state index contributed by atoms with van der Waals surface area (Å²) in [6.45, 7) is 1.30. The second-order valence-electron chi connectivity index (χ2n) is 9.14. The lowest BCUT2D eigenvalue weighted by atomic mass is 10.0. The molecule has 1 aliphatic heterocycles. The Morgan fingerprint density at radius 3 is 2.81 bits per heavy atom. The first kappa shape index (κ1) is 23.1. The van der Waals surface area contributed by atoms with Crippen LogP contribution in [0.2, 0.25) is 0 Å². The highest BCUT2D eigenvalue weighted by molar-refractivity contribution is 6.00. The normalized spacial score (nSPS) is 16.8. The number of nitrogens with zero attached hydrogens (tertiary/aromatic N) is 4. The Morgan fingerprint density at radius 2 is 2.00 bits per heavy atom. The standard InChI is InChI=1S/C28H26N6O3/c35-17-25-16-34(9-10-37-25)28(36)22-11-19-1-2-20(12-21(19)13-22)27-29-8-7-26(33-27)32-24-5-3-18(4-6-24)23-14-30-31-15-23/h1-8,11-12,14-15,25,35H,9-10,13,16-17H2,(H,30,31)(H,29,32,33)/t25-/m1/s1. The Kier molecular flexibility index (Phi) is 6.21. The van der Waals surface area contributed by atoms with Crippen LogP contribution >= 0.6 is 0 Å². The van der Waals surface area contributed by atoms with Crippen LogP contribution in [0, 0.1) is 0 Å². The minimum absolute atomic E-state index is 0.000681. The van der Waals surface area contributed by atoms with Gasteiger partial charge in [0.1, 0.15) is 5.82 Å². The maximum Gasteiger partial charge on any atom is 0.250 e. The van der Waals surface area contributed by atoms with E-state index < -0.39 is 0 Å². The zero-order valence-corrected chi connectivity index (χ0v) is 20.1. The number of H-pyrrole nitrogens is 1. The fourth-order valence-corrected chi connectivity index (χ4v) is 4.71. The molecule has 1 saturated heterocycles. The van der Waals surface area contributed by atoms with Crippen molar-refractivity contribution in [2.75, 3.05) is 31.6 Å². The van der Waals surface area contributed by atoms with Gasteiger partial charge in [-0.3, -0.25) is 9.89 Å². The Hall–Kier alpha value is -4.34. The smallest absolute Gasteiger partial charge is 0.250 e. The maximum absolute atomic E-state index is 13.1. The Balaban J connectivity index is 1.15. The second kappa shape index (κ2) is 9.96. The molecule has 0 bridgehead atoms. The number of benzene rings is 2. The fourth-order valence-electron chi connectivity index (χ4n) is 4.71. The topological polar surface area (TPSA) is 116 Å². The fraction of sp³-hybridized carbons (Fsp3) is 0.214. The van der Waals surface area contributed by atoms with Crippen molar-refractivity contribution in [3.8, 4) is 22.5 Å². The highest BCUT2D eigenvalue weighted by Crippen LogP contribution is 2.30. The number of anilines is 2. The number of amides is 1. The molecule has 1 amide bonds. The number of morpholine rings is 1. The lowest BCUT2D eigenvalue weighted by Crippen LogP contribution is -2.47. The van der Waals surface area contributed by atoms with Gasteiger partial charge in [-0.15, -0.1) is 0 Å². The van der Waals surface area contributed by atoms with Crippen LogP contribution < -0.4 is 5.32 Å². The molecule has 2 aromatic heterocycles. The predicted molar refractivity (Wildman–Crippen MR) is 140 cm³/mol. The van der Waals surface area contributed by atoms with Gasteiger partial charge in [-0.25, -0.2) is 9.97 Å². The van der Waals surface area contributed by atoms with Gasteiger partial charge in [0.15, 0.2) is 5.82 Å². The van der Waals surface area contributed by atoms with Crippen molar-refractivity contribution in [1.82, 2.24) is 25.1 Å². The van der Waals surface area contributed by atoms with Gasteiger partial charge in [0, 0.05) is 54.3 Å². The number of aliphatic hydroxyl groups is 1. The molecule has 1 aliphatic carbocycles. The van der Waals surface area contributed by atoms with Crippen LogP contribution in [-0.4, -0.2) is 68.5 Å². The van der Waals surface area contributed by atoms with Crippen molar-refractivity contribution in [2.45, 2.75) is 12.5 Å². The van der Waals surface area contributed by atoms with Gasteiger partial charge in [0.25, 0.3) is 0 Å². The van der Waals surface area contributed by atoms with Crippen LogP contribution in [-0.2, 0) is 16.0 Å². The van der Waals surface area contributed by atoms with E-state index in [0.29, 0.717) is 37.8 Å². The molecule has 1 fully saturated rings. The van der Waals surface area contributed by atoms with Crippen molar-refractivity contribution in [2.24, 2.45) is 0 Å². The summed E-state index contributed by atoms with van der Waals surface area (Å²) < 4.78 is 5.48. The van der Waals surface area contributed by atoms with Gasteiger partial charge < -0.3 is 20.1 Å². The number of aliphatic hydroxyl groups excluding tert-OH is 1. The number of hydrogen-bond acceptors (Lipinski definition) is 7. The number of rotatable bonds is 6. The molecule has 2 aliphatic rings. The molecular formula is C28H26N6O3. The van der Waals surface area contributed by atoms with Crippen molar-refractivity contribution in [1.29, 1.82) is 0 Å². The molecule has 9 nitrogen and oxygen atoms in total. The van der Waals surface area contributed by atoms with Gasteiger partial charge in [0.05, 0.1) is 25.5 Å². The SMILES string of the molecule is O=C(C1=Cc2ccc(-c3nccc(Nc4ccc(-c5cn[nH]c5)cc4)n3)cc2C1)N1CCO[C@@H](CO)C1. The van der Waals surface area contributed by atoms with E-state index in [4.69, 9.17) is 9.72 Å². The first-order valence-electron chi connectivity index (χ1n) is 12.2. The number of carbonyl (C=O) groups excluding carboxylic acids is 1. The van der Waals surface area contributed by atoms with Gasteiger partial charge in [-0.05, 0) is 47.0 Å². The van der Waals surface area contributed by atoms with Crippen LogP contribution in [0.1, 0.15) is 11.1 Å². The van der Waals surface area contributed by atoms with E-state index in [1.165, 1.54) is 0 Å². The van der Waals surface area contributed by atoms with Crippen LogP contribution in [0.3, 0.4) is 0 Å². The molecule has 2 aromatic carbocycles. The quantitative estimate of drug-likeness (QED) is 0.376. The Labute approximate surface area is 213 Å². The molecule has 37 heavy (non-hydrogen) atoms. The summed E-state index contributed by atoms with van der Waals surface area (Å²) in [7, 11) is 0. The van der Waals surface area contributed by atoms with Crippen molar-refractivity contribution in [3.63, 3.8) is 0 Å². The first-order valence-corrected chi connectivity index (χ1v) is 12.2.